The normalized spacial score (nSPS) is 11.0. The third kappa shape index (κ3) is 3.92. The summed E-state index contributed by atoms with van der Waals surface area (Å²) in [6.45, 7) is 0.475. The Balaban J connectivity index is 2.11. The van der Waals surface area contributed by atoms with Crippen LogP contribution in [0.1, 0.15) is 11.1 Å². The van der Waals surface area contributed by atoms with Gasteiger partial charge < -0.3 is 5.73 Å². The smallest absolute Gasteiger partial charge is 0.258 e. The van der Waals surface area contributed by atoms with Gasteiger partial charge in [0.25, 0.3) is 10.0 Å². The maximum atomic E-state index is 12.1. The van der Waals surface area contributed by atoms with Gasteiger partial charge in [-0.2, -0.15) is 5.10 Å². The lowest BCUT2D eigenvalue weighted by Gasteiger charge is -2.07. The average molecular weight is 304 g/mol. The molecule has 0 radical (unpaired) electrons. The van der Waals surface area contributed by atoms with Gasteiger partial charge in [0.2, 0.25) is 0 Å². The van der Waals surface area contributed by atoms with Crippen molar-refractivity contribution < 1.29 is 8.42 Å². The molecule has 2 aromatic rings. The zero-order chi connectivity index (χ0) is 15.3. The van der Waals surface area contributed by atoms with Gasteiger partial charge in [-0.25, -0.2) is 13.1 Å². The van der Waals surface area contributed by atoms with Gasteiger partial charge in [0.1, 0.15) is 0 Å². The first kappa shape index (κ1) is 15.3. The fourth-order valence-corrected chi connectivity index (χ4v) is 2.93. The molecule has 0 saturated carbocycles. The van der Waals surface area contributed by atoms with Crippen LogP contribution < -0.4 is 10.5 Å². The molecule has 0 amide bonds. The summed E-state index contributed by atoms with van der Waals surface area (Å²) >= 11 is 0. The molecule has 0 spiro atoms. The lowest BCUT2D eigenvalue weighted by molar-refractivity contribution is 0.563. The third-order valence-corrected chi connectivity index (χ3v) is 4.25. The summed E-state index contributed by atoms with van der Waals surface area (Å²) in [5.74, 6) is 5.67. The van der Waals surface area contributed by atoms with E-state index in [-0.39, 0.29) is 18.1 Å². The van der Waals surface area contributed by atoms with Crippen molar-refractivity contribution in [2.24, 2.45) is 12.8 Å². The van der Waals surface area contributed by atoms with Gasteiger partial charge in [0, 0.05) is 19.2 Å². The third-order valence-electron chi connectivity index (χ3n) is 2.78. The van der Waals surface area contributed by atoms with Gasteiger partial charge in [-0.3, -0.25) is 4.68 Å². The number of benzene rings is 1. The molecular weight excluding hydrogens is 288 g/mol. The summed E-state index contributed by atoms with van der Waals surface area (Å²) in [4.78, 5) is 0. The van der Waals surface area contributed by atoms with Gasteiger partial charge in [0.05, 0.1) is 12.7 Å². The van der Waals surface area contributed by atoms with Crippen LogP contribution in [0.2, 0.25) is 0 Å². The highest BCUT2D eigenvalue weighted by Crippen LogP contribution is 2.09. The molecule has 0 unspecified atom stereocenters. The van der Waals surface area contributed by atoms with E-state index in [0.29, 0.717) is 0 Å². The number of sulfonamides is 1. The second-order valence-electron chi connectivity index (χ2n) is 4.32. The first-order valence-electron chi connectivity index (χ1n) is 6.28. The molecule has 6 nitrogen and oxygen atoms in total. The zero-order valence-electron chi connectivity index (χ0n) is 11.6. The summed E-state index contributed by atoms with van der Waals surface area (Å²) in [6.07, 6.45) is 1.44. The highest BCUT2D eigenvalue weighted by Gasteiger charge is 2.17. The predicted octanol–water partition coefficient (Wildman–Crippen LogP) is 0.209. The lowest BCUT2D eigenvalue weighted by atomic mass is 10.1. The number of aryl methyl sites for hydroxylation is 1. The molecule has 0 fully saturated rings. The van der Waals surface area contributed by atoms with E-state index in [9.17, 15) is 8.42 Å². The molecular formula is C14H16N4O2S. The van der Waals surface area contributed by atoms with Gasteiger partial charge in [-0.15, -0.1) is 0 Å². The fourth-order valence-electron chi connectivity index (χ4n) is 1.79. The summed E-state index contributed by atoms with van der Waals surface area (Å²) < 4.78 is 28.1. The molecule has 0 aliphatic heterocycles. The van der Waals surface area contributed by atoms with Crippen LogP contribution in [-0.2, 0) is 23.6 Å². The Labute approximate surface area is 124 Å². The molecule has 0 aliphatic rings. The Morgan fingerprint density at radius 3 is 2.86 bits per heavy atom. The Kier molecular flexibility index (Phi) is 4.75. The van der Waals surface area contributed by atoms with Crippen LogP contribution in [0.15, 0.2) is 41.6 Å². The maximum Gasteiger partial charge on any atom is 0.258 e. The van der Waals surface area contributed by atoms with Crippen LogP contribution in [0.5, 0.6) is 0 Å². The second-order valence-corrected chi connectivity index (χ2v) is 6.04. The average Bonchev–Trinajstić information content (AvgIpc) is 2.91. The van der Waals surface area contributed by atoms with Gasteiger partial charge >= 0.3 is 0 Å². The van der Waals surface area contributed by atoms with E-state index in [0.717, 1.165) is 11.1 Å². The molecule has 0 atom stereocenters. The van der Waals surface area contributed by atoms with Gasteiger partial charge in [-0.1, -0.05) is 24.0 Å². The standard InChI is InChI=1S/C14H16N4O2S/c1-18-14(7-9-16-18)21(19,20)17-11-13-5-2-4-12(10-13)6-3-8-15/h2,4-5,7,9-10,17H,8,11,15H2,1H3. The van der Waals surface area contributed by atoms with Crippen molar-refractivity contribution in [2.75, 3.05) is 6.54 Å². The Morgan fingerprint density at radius 1 is 1.38 bits per heavy atom. The summed E-state index contributed by atoms with van der Waals surface area (Å²) in [7, 11) is -2.00. The molecule has 1 aromatic carbocycles. The van der Waals surface area contributed by atoms with Crippen molar-refractivity contribution in [3.63, 3.8) is 0 Å². The molecule has 0 saturated heterocycles. The first-order valence-corrected chi connectivity index (χ1v) is 7.77. The highest BCUT2D eigenvalue weighted by atomic mass is 32.2. The van der Waals surface area contributed by atoms with Crippen LogP contribution in [0.3, 0.4) is 0 Å². The van der Waals surface area contributed by atoms with E-state index in [1.165, 1.54) is 16.9 Å². The Morgan fingerprint density at radius 2 is 2.19 bits per heavy atom. The van der Waals surface area contributed by atoms with Crippen molar-refractivity contribution in [3.8, 4) is 11.8 Å². The topological polar surface area (TPSA) is 90.0 Å². The molecule has 2 rings (SSSR count). The molecule has 7 heteroatoms. The van der Waals surface area contributed by atoms with E-state index in [1.807, 2.05) is 24.3 Å². The zero-order valence-corrected chi connectivity index (χ0v) is 12.4. The van der Waals surface area contributed by atoms with Crippen molar-refractivity contribution in [1.82, 2.24) is 14.5 Å². The highest BCUT2D eigenvalue weighted by molar-refractivity contribution is 7.89. The first-order chi connectivity index (χ1) is 10.0. The van der Waals surface area contributed by atoms with Gasteiger partial charge in [0.15, 0.2) is 5.03 Å². The molecule has 1 heterocycles. The monoisotopic (exact) mass is 304 g/mol. The van der Waals surface area contributed by atoms with Crippen LogP contribution in [-0.4, -0.2) is 24.7 Å². The van der Waals surface area contributed by atoms with E-state index in [2.05, 4.69) is 21.7 Å². The van der Waals surface area contributed by atoms with E-state index in [1.54, 1.807) is 7.05 Å². The SMILES string of the molecule is Cn1nccc1S(=O)(=O)NCc1cccc(C#CCN)c1. The second kappa shape index (κ2) is 6.54. The molecule has 110 valence electrons. The minimum absolute atomic E-state index is 0.126. The quantitative estimate of drug-likeness (QED) is 0.790. The fraction of sp³-hybridized carbons (Fsp3) is 0.214. The lowest BCUT2D eigenvalue weighted by Crippen LogP contribution is -2.25. The summed E-state index contributed by atoms with van der Waals surface area (Å²) in [5, 5.41) is 3.98. The van der Waals surface area contributed by atoms with Crippen LogP contribution in [0.25, 0.3) is 0 Å². The van der Waals surface area contributed by atoms with Crippen LogP contribution >= 0.6 is 0 Å². The maximum absolute atomic E-state index is 12.1. The van der Waals surface area contributed by atoms with Crippen molar-refractivity contribution >= 4 is 10.0 Å². The number of nitrogens with one attached hydrogen (secondary N) is 1. The number of nitrogens with two attached hydrogens (primary N) is 1. The Hall–Kier alpha value is -2.14. The predicted molar refractivity (Wildman–Crippen MR) is 79.6 cm³/mol. The van der Waals surface area contributed by atoms with E-state index >= 15 is 0 Å². The molecule has 3 N–H and O–H groups in total. The summed E-state index contributed by atoms with van der Waals surface area (Å²) in [5.41, 5.74) is 6.95. The minimum Gasteiger partial charge on any atom is -0.320 e. The number of aromatic nitrogens is 2. The van der Waals surface area contributed by atoms with Crippen molar-refractivity contribution in [3.05, 3.63) is 47.7 Å². The van der Waals surface area contributed by atoms with Crippen molar-refractivity contribution in [1.29, 1.82) is 0 Å². The van der Waals surface area contributed by atoms with Crippen LogP contribution in [0.4, 0.5) is 0 Å². The van der Waals surface area contributed by atoms with E-state index in [4.69, 9.17) is 5.73 Å². The van der Waals surface area contributed by atoms with Gasteiger partial charge in [-0.05, 0) is 23.8 Å². The number of hydrogen-bond donors (Lipinski definition) is 2. The number of rotatable bonds is 4. The molecule has 0 bridgehead atoms. The Bertz CT molecular complexity index is 785. The number of nitrogens with zero attached hydrogens (tertiary/aromatic N) is 2. The molecule has 21 heavy (non-hydrogen) atoms. The van der Waals surface area contributed by atoms with E-state index < -0.39 is 10.0 Å². The minimum atomic E-state index is -3.58. The number of hydrogen-bond acceptors (Lipinski definition) is 4. The largest absolute Gasteiger partial charge is 0.320 e. The summed E-state index contributed by atoms with van der Waals surface area (Å²) in [6, 6.07) is 8.79. The molecule has 1 aromatic heterocycles. The van der Waals surface area contributed by atoms with Crippen molar-refractivity contribution in [2.45, 2.75) is 11.6 Å². The van der Waals surface area contributed by atoms with Crippen LogP contribution in [0, 0.1) is 11.8 Å². The molecule has 0 aliphatic carbocycles.